The van der Waals surface area contributed by atoms with Gasteiger partial charge in [-0.3, -0.25) is 4.79 Å². The van der Waals surface area contributed by atoms with E-state index in [1.165, 1.54) is 12.8 Å². The van der Waals surface area contributed by atoms with Gasteiger partial charge in [0.15, 0.2) is 11.5 Å². The summed E-state index contributed by atoms with van der Waals surface area (Å²) < 4.78 is 16.0. The molecule has 1 amide bonds. The van der Waals surface area contributed by atoms with Crippen molar-refractivity contribution in [3.05, 3.63) is 53.6 Å². The normalized spacial score (nSPS) is 15.1. The Morgan fingerprint density at radius 2 is 1.78 bits per heavy atom. The molecule has 1 fully saturated rings. The molecule has 1 heterocycles. The van der Waals surface area contributed by atoms with E-state index in [9.17, 15) is 4.79 Å². The van der Waals surface area contributed by atoms with Crippen molar-refractivity contribution in [1.29, 1.82) is 0 Å². The molecule has 1 saturated heterocycles. The molecule has 1 aliphatic heterocycles. The largest absolute Gasteiger partial charge is 0.493 e. The van der Waals surface area contributed by atoms with Crippen LogP contribution in [0.1, 0.15) is 28.9 Å². The number of nitrogens with zero attached hydrogens (tertiary/aromatic N) is 1. The number of carbonyl (C=O) groups excluding carboxylic acids is 1. The molecule has 6 heteroatoms. The van der Waals surface area contributed by atoms with Gasteiger partial charge in [0.25, 0.3) is 5.91 Å². The van der Waals surface area contributed by atoms with Crippen molar-refractivity contribution >= 4 is 11.6 Å². The fourth-order valence-electron chi connectivity index (χ4n) is 3.22. The van der Waals surface area contributed by atoms with Crippen LogP contribution in [0.2, 0.25) is 0 Å². The summed E-state index contributed by atoms with van der Waals surface area (Å²) in [6, 6.07) is 13.4. The number of ether oxygens (including phenoxy) is 3. The Balaban J connectivity index is 1.69. The number of rotatable bonds is 6. The van der Waals surface area contributed by atoms with Crippen LogP contribution in [0.25, 0.3) is 0 Å². The number of methoxy groups -OCH3 is 2. The third-order valence-corrected chi connectivity index (χ3v) is 4.76. The number of morpholine rings is 1. The minimum absolute atomic E-state index is 0.132. The third-order valence-electron chi connectivity index (χ3n) is 4.76. The lowest BCUT2D eigenvalue weighted by Crippen LogP contribution is -2.36. The van der Waals surface area contributed by atoms with Crippen molar-refractivity contribution in [3.63, 3.8) is 0 Å². The predicted octanol–water partition coefficient (Wildman–Crippen LogP) is 3.03. The molecule has 0 spiro atoms. The van der Waals surface area contributed by atoms with Crippen molar-refractivity contribution in [1.82, 2.24) is 5.32 Å². The van der Waals surface area contributed by atoms with Crippen LogP contribution < -0.4 is 19.7 Å². The smallest absolute Gasteiger partial charge is 0.255 e. The van der Waals surface area contributed by atoms with Crippen molar-refractivity contribution in [2.75, 3.05) is 45.4 Å². The summed E-state index contributed by atoms with van der Waals surface area (Å²) in [4.78, 5) is 15.0. The quantitative estimate of drug-likeness (QED) is 0.847. The lowest BCUT2D eigenvalue weighted by atomic mass is 10.1. The number of hydrogen-bond acceptors (Lipinski definition) is 5. The number of nitrogens with one attached hydrogen (secondary N) is 1. The Morgan fingerprint density at radius 1 is 1.07 bits per heavy atom. The van der Waals surface area contributed by atoms with E-state index in [1.807, 2.05) is 6.92 Å². The summed E-state index contributed by atoms with van der Waals surface area (Å²) in [7, 11) is 3.08. The summed E-state index contributed by atoms with van der Waals surface area (Å²) in [5.74, 6) is 0.774. The van der Waals surface area contributed by atoms with E-state index in [0.717, 1.165) is 31.9 Å². The van der Waals surface area contributed by atoms with Crippen LogP contribution in [0.4, 0.5) is 5.69 Å². The molecule has 27 heavy (non-hydrogen) atoms. The molecule has 0 bridgehead atoms. The number of hydrogen-bond donors (Lipinski definition) is 1. The fraction of sp³-hybridized carbons (Fsp3) is 0.381. The van der Waals surface area contributed by atoms with E-state index < -0.39 is 0 Å². The van der Waals surface area contributed by atoms with Gasteiger partial charge in [-0.15, -0.1) is 0 Å². The minimum atomic E-state index is -0.199. The van der Waals surface area contributed by atoms with Crippen LogP contribution in [0.5, 0.6) is 11.5 Å². The molecule has 2 aromatic rings. The van der Waals surface area contributed by atoms with Gasteiger partial charge in [0.2, 0.25) is 0 Å². The van der Waals surface area contributed by atoms with Gasteiger partial charge in [0.1, 0.15) is 0 Å². The van der Waals surface area contributed by atoms with Crippen molar-refractivity contribution in [2.24, 2.45) is 0 Å². The standard InChI is InChI=1S/C21H26N2O4/c1-15(16-7-9-17(10-8-16)23-11-13-27-14-12-23)22-21(24)18-5-4-6-19(25-2)20(18)26-3/h4-10,15H,11-14H2,1-3H3,(H,22,24). The molecule has 144 valence electrons. The van der Waals surface area contributed by atoms with Gasteiger partial charge >= 0.3 is 0 Å². The molecule has 1 aliphatic rings. The second kappa shape index (κ2) is 8.77. The fourth-order valence-corrected chi connectivity index (χ4v) is 3.22. The number of amides is 1. The highest BCUT2D eigenvalue weighted by Gasteiger charge is 2.19. The maximum absolute atomic E-state index is 12.7. The van der Waals surface area contributed by atoms with Gasteiger partial charge in [0, 0.05) is 18.8 Å². The summed E-state index contributed by atoms with van der Waals surface area (Å²) in [5.41, 5.74) is 2.67. The Hall–Kier alpha value is -2.73. The number of benzene rings is 2. The Kier molecular flexibility index (Phi) is 6.19. The average molecular weight is 370 g/mol. The van der Waals surface area contributed by atoms with Gasteiger partial charge in [-0.1, -0.05) is 18.2 Å². The zero-order valence-electron chi connectivity index (χ0n) is 16.0. The molecule has 0 aromatic heterocycles. The predicted molar refractivity (Wildman–Crippen MR) is 105 cm³/mol. The highest BCUT2D eigenvalue weighted by molar-refractivity contribution is 5.98. The van der Waals surface area contributed by atoms with Crippen LogP contribution in [-0.4, -0.2) is 46.4 Å². The van der Waals surface area contributed by atoms with Crippen LogP contribution in [-0.2, 0) is 4.74 Å². The van der Waals surface area contributed by atoms with E-state index in [4.69, 9.17) is 14.2 Å². The van der Waals surface area contributed by atoms with Gasteiger partial charge in [0.05, 0.1) is 39.0 Å². The second-order valence-electron chi connectivity index (χ2n) is 6.43. The first kappa shape index (κ1) is 19.0. The molecule has 1 atom stereocenters. The first-order valence-electron chi connectivity index (χ1n) is 9.08. The summed E-state index contributed by atoms with van der Waals surface area (Å²) >= 11 is 0. The molecular weight excluding hydrogens is 344 g/mol. The van der Waals surface area contributed by atoms with Crippen LogP contribution in [0.3, 0.4) is 0 Å². The number of carbonyl (C=O) groups is 1. The molecule has 1 unspecified atom stereocenters. The average Bonchev–Trinajstić information content (AvgIpc) is 2.73. The lowest BCUT2D eigenvalue weighted by molar-refractivity contribution is 0.0936. The molecule has 0 aliphatic carbocycles. The lowest BCUT2D eigenvalue weighted by Gasteiger charge is -2.29. The first-order chi connectivity index (χ1) is 13.1. The third kappa shape index (κ3) is 4.34. The monoisotopic (exact) mass is 370 g/mol. The van der Waals surface area contributed by atoms with Gasteiger partial charge in [-0.25, -0.2) is 0 Å². The topological polar surface area (TPSA) is 60.0 Å². The molecule has 0 saturated carbocycles. The van der Waals surface area contributed by atoms with E-state index in [1.54, 1.807) is 25.3 Å². The van der Waals surface area contributed by atoms with Crippen molar-refractivity contribution < 1.29 is 19.0 Å². The van der Waals surface area contributed by atoms with Crippen LogP contribution in [0, 0.1) is 0 Å². The molecule has 0 radical (unpaired) electrons. The van der Waals surface area contributed by atoms with Crippen LogP contribution in [0.15, 0.2) is 42.5 Å². The maximum Gasteiger partial charge on any atom is 0.255 e. The molecule has 1 N–H and O–H groups in total. The van der Waals surface area contributed by atoms with Gasteiger partial charge in [-0.05, 0) is 36.8 Å². The van der Waals surface area contributed by atoms with Crippen LogP contribution >= 0.6 is 0 Å². The summed E-state index contributed by atoms with van der Waals surface area (Å²) in [6.45, 7) is 5.30. The van der Waals surface area contributed by atoms with E-state index >= 15 is 0 Å². The Bertz CT molecular complexity index is 770. The van der Waals surface area contributed by atoms with Gasteiger partial charge in [-0.2, -0.15) is 0 Å². The highest BCUT2D eigenvalue weighted by atomic mass is 16.5. The molecular formula is C21H26N2O4. The summed E-state index contributed by atoms with van der Waals surface area (Å²) in [6.07, 6.45) is 0. The van der Waals surface area contributed by atoms with Crippen molar-refractivity contribution in [2.45, 2.75) is 13.0 Å². The summed E-state index contributed by atoms with van der Waals surface area (Å²) in [5, 5.41) is 3.03. The zero-order valence-corrected chi connectivity index (χ0v) is 16.0. The van der Waals surface area contributed by atoms with Crippen molar-refractivity contribution in [3.8, 4) is 11.5 Å². The van der Waals surface area contributed by atoms with E-state index in [0.29, 0.717) is 17.1 Å². The zero-order chi connectivity index (χ0) is 19.2. The Morgan fingerprint density at radius 3 is 2.41 bits per heavy atom. The maximum atomic E-state index is 12.7. The molecule has 3 rings (SSSR count). The molecule has 6 nitrogen and oxygen atoms in total. The first-order valence-corrected chi connectivity index (χ1v) is 9.08. The highest BCUT2D eigenvalue weighted by Crippen LogP contribution is 2.31. The number of anilines is 1. The minimum Gasteiger partial charge on any atom is -0.493 e. The van der Waals surface area contributed by atoms with E-state index in [2.05, 4.69) is 34.5 Å². The SMILES string of the molecule is COc1cccc(C(=O)NC(C)c2ccc(N3CCOCC3)cc2)c1OC. The van der Waals surface area contributed by atoms with Gasteiger partial charge < -0.3 is 24.4 Å². The number of para-hydroxylation sites is 1. The Labute approximate surface area is 160 Å². The second-order valence-corrected chi connectivity index (χ2v) is 6.43. The van der Waals surface area contributed by atoms with E-state index in [-0.39, 0.29) is 11.9 Å². The molecule has 2 aromatic carbocycles.